The third kappa shape index (κ3) is 4.57. The quantitative estimate of drug-likeness (QED) is 0.420. The van der Waals surface area contributed by atoms with Crippen LogP contribution < -0.4 is 5.43 Å². The van der Waals surface area contributed by atoms with Gasteiger partial charge in [-0.2, -0.15) is 5.10 Å². The van der Waals surface area contributed by atoms with Crippen molar-refractivity contribution in [3.63, 3.8) is 0 Å². The molecule has 0 aliphatic carbocycles. The molecule has 1 aromatic carbocycles. The molecule has 0 amide bonds. The van der Waals surface area contributed by atoms with Crippen LogP contribution in [-0.2, 0) is 6.42 Å². The van der Waals surface area contributed by atoms with Gasteiger partial charge in [0.05, 0.1) is 22.6 Å². The Labute approximate surface area is 160 Å². The number of nitrogens with one attached hydrogen (secondary N) is 1. The molecule has 128 valence electrons. The average molecular weight is 391 g/mol. The van der Waals surface area contributed by atoms with Gasteiger partial charge in [-0.15, -0.1) is 0 Å². The first-order valence-electron chi connectivity index (χ1n) is 7.82. The SMILES string of the molecule is CCCc1sc(NN=Cc2ccccn2)nc1-c1ccc(Cl)cc1Cl. The number of hydrogen-bond donors (Lipinski definition) is 1. The standard InChI is InChI=1S/C18H16Cl2N4S/c1-2-5-16-17(14-8-7-12(19)10-15(14)20)23-18(25-16)24-22-11-13-6-3-4-9-21-13/h3-4,6-11H,2,5H2,1H3,(H,23,24). The van der Waals surface area contributed by atoms with Crippen molar-refractivity contribution in [1.29, 1.82) is 0 Å². The van der Waals surface area contributed by atoms with Crippen molar-refractivity contribution in [2.75, 3.05) is 5.43 Å². The summed E-state index contributed by atoms with van der Waals surface area (Å²) in [5.74, 6) is 0. The van der Waals surface area contributed by atoms with Gasteiger partial charge in [0.15, 0.2) is 0 Å². The lowest BCUT2D eigenvalue weighted by molar-refractivity contribution is 0.938. The fourth-order valence-corrected chi connectivity index (χ4v) is 3.82. The summed E-state index contributed by atoms with van der Waals surface area (Å²) in [6.45, 7) is 2.14. The van der Waals surface area contributed by atoms with E-state index in [1.807, 2.05) is 30.3 Å². The van der Waals surface area contributed by atoms with Gasteiger partial charge in [0, 0.05) is 21.7 Å². The summed E-state index contributed by atoms with van der Waals surface area (Å²) in [7, 11) is 0. The second kappa shape index (κ2) is 8.43. The van der Waals surface area contributed by atoms with Gasteiger partial charge in [-0.05, 0) is 36.8 Å². The summed E-state index contributed by atoms with van der Waals surface area (Å²) >= 11 is 13.9. The summed E-state index contributed by atoms with van der Waals surface area (Å²) in [5, 5.41) is 6.14. The normalized spacial score (nSPS) is 11.2. The maximum Gasteiger partial charge on any atom is 0.204 e. The molecule has 0 radical (unpaired) electrons. The fraction of sp³-hybridized carbons (Fsp3) is 0.167. The first-order chi connectivity index (χ1) is 12.2. The smallest absolute Gasteiger partial charge is 0.204 e. The van der Waals surface area contributed by atoms with Crippen LogP contribution in [0.4, 0.5) is 5.13 Å². The van der Waals surface area contributed by atoms with Gasteiger partial charge < -0.3 is 0 Å². The fourth-order valence-electron chi connectivity index (χ4n) is 2.29. The summed E-state index contributed by atoms with van der Waals surface area (Å²) in [6, 6.07) is 11.1. The van der Waals surface area contributed by atoms with Crippen molar-refractivity contribution in [1.82, 2.24) is 9.97 Å². The van der Waals surface area contributed by atoms with Gasteiger partial charge in [0.25, 0.3) is 0 Å². The van der Waals surface area contributed by atoms with Crippen LogP contribution in [0.3, 0.4) is 0 Å². The van der Waals surface area contributed by atoms with Crippen molar-refractivity contribution < 1.29 is 0 Å². The number of aromatic nitrogens is 2. The predicted molar refractivity (Wildman–Crippen MR) is 107 cm³/mol. The molecule has 3 rings (SSSR count). The van der Waals surface area contributed by atoms with E-state index in [2.05, 4.69) is 27.4 Å². The van der Waals surface area contributed by atoms with Crippen molar-refractivity contribution in [2.24, 2.45) is 5.10 Å². The molecule has 0 bridgehead atoms. The number of rotatable bonds is 6. The van der Waals surface area contributed by atoms with Crippen LogP contribution in [0.5, 0.6) is 0 Å². The third-order valence-electron chi connectivity index (χ3n) is 3.41. The van der Waals surface area contributed by atoms with E-state index < -0.39 is 0 Å². The number of hydrazone groups is 1. The van der Waals surface area contributed by atoms with Crippen LogP contribution in [0.2, 0.25) is 10.0 Å². The van der Waals surface area contributed by atoms with Crippen LogP contribution in [0.1, 0.15) is 23.9 Å². The molecular formula is C18H16Cl2N4S. The number of halogens is 2. The zero-order chi connectivity index (χ0) is 17.6. The molecule has 2 aromatic heterocycles. The summed E-state index contributed by atoms with van der Waals surface area (Å²) < 4.78 is 0. The molecular weight excluding hydrogens is 375 g/mol. The van der Waals surface area contributed by atoms with Gasteiger partial charge in [-0.3, -0.25) is 10.4 Å². The molecule has 0 saturated carbocycles. The molecule has 2 heterocycles. The van der Waals surface area contributed by atoms with Crippen molar-refractivity contribution in [3.8, 4) is 11.3 Å². The van der Waals surface area contributed by atoms with Crippen LogP contribution in [0.15, 0.2) is 47.7 Å². The molecule has 0 aliphatic heterocycles. The average Bonchev–Trinajstić information content (AvgIpc) is 2.99. The zero-order valence-electron chi connectivity index (χ0n) is 13.5. The van der Waals surface area contributed by atoms with Crippen LogP contribution in [-0.4, -0.2) is 16.2 Å². The number of thiazole rings is 1. The molecule has 0 aliphatic rings. The minimum atomic E-state index is 0.596. The molecule has 0 atom stereocenters. The maximum atomic E-state index is 6.35. The van der Waals surface area contributed by atoms with Crippen molar-refractivity contribution in [3.05, 3.63) is 63.2 Å². The van der Waals surface area contributed by atoms with E-state index in [9.17, 15) is 0 Å². The first kappa shape index (κ1) is 17.9. The lowest BCUT2D eigenvalue weighted by atomic mass is 10.1. The molecule has 0 unspecified atom stereocenters. The molecule has 1 N–H and O–H groups in total. The number of nitrogens with zero attached hydrogens (tertiary/aromatic N) is 3. The van der Waals surface area contributed by atoms with E-state index in [1.54, 1.807) is 29.8 Å². The molecule has 0 saturated heterocycles. The highest BCUT2D eigenvalue weighted by atomic mass is 35.5. The Morgan fingerprint density at radius 3 is 2.84 bits per heavy atom. The minimum Gasteiger partial charge on any atom is -0.255 e. The highest BCUT2D eigenvalue weighted by Crippen LogP contribution is 2.36. The Kier molecular flexibility index (Phi) is 6.02. The maximum absolute atomic E-state index is 6.35. The van der Waals surface area contributed by atoms with Crippen molar-refractivity contribution >= 4 is 45.9 Å². The number of pyridine rings is 1. The van der Waals surface area contributed by atoms with E-state index >= 15 is 0 Å². The number of hydrogen-bond acceptors (Lipinski definition) is 5. The van der Waals surface area contributed by atoms with Gasteiger partial charge >= 0.3 is 0 Å². The highest BCUT2D eigenvalue weighted by Gasteiger charge is 2.15. The molecule has 0 spiro atoms. The molecule has 7 heteroatoms. The van der Waals surface area contributed by atoms with E-state index in [-0.39, 0.29) is 0 Å². The summed E-state index contributed by atoms with van der Waals surface area (Å²) in [4.78, 5) is 10.0. The van der Waals surface area contributed by atoms with Gasteiger partial charge in [-0.25, -0.2) is 4.98 Å². The van der Waals surface area contributed by atoms with Crippen LogP contribution >= 0.6 is 34.5 Å². The van der Waals surface area contributed by atoms with Crippen LogP contribution in [0.25, 0.3) is 11.3 Å². The summed E-state index contributed by atoms with van der Waals surface area (Å²) in [6.07, 6.45) is 5.34. The minimum absolute atomic E-state index is 0.596. The Hall–Kier alpha value is -1.95. The first-order valence-corrected chi connectivity index (χ1v) is 9.40. The summed E-state index contributed by atoms with van der Waals surface area (Å²) in [5.41, 5.74) is 5.52. The second-order valence-electron chi connectivity index (χ2n) is 5.29. The van der Waals surface area contributed by atoms with Gasteiger partial charge in [-0.1, -0.05) is 53.9 Å². The predicted octanol–water partition coefficient (Wildman–Crippen LogP) is 5.91. The molecule has 3 aromatic rings. The molecule has 0 fully saturated rings. The third-order valence-corrected chi connectivity index (χ3v) is 4.97. The van der Waals surface area contributed by atoms with E-state index in [0.29, 0.717) is 10.0 Å². The number of anilines is 1. The number of aryl methyl sites for hydroxylation is 1. The zero-order valence-corrected chi connectivity index (χ0v) is 15.9. The van der Waals surface area contributed by atoms with Crippen LogP contribution in [0, 0.1) is 0 Å². The molecule has 25 heavy (non-hydrogen) atoms. The highest BCUT2D eigenvalue weighted by molar-refractivity contribution is 7.16. The van der Waals surface area contributed by atoms with E-state index in [0.717, 1.165) is 34.9 Å². The number of benzene rings is 1. The second-order valence-corrected chi connectivity index (χ2v) is 7.22. The Bertz CT molecular complexity index is 878. The van der Waals surface area contributed by atoms with E-state index in [1.165, 1.54) is 4.88 Å². The van der Waals surface area contributed by atoms with Crippen molar-refractivity contribution in [2.45, 2.75) is 19.8 Å². The Balaban J connectivity index is 1.85. The van der Waals surface area contributed by atoms with Gasteiger partial charge in [0.1, 0.15) is 0 Å². The monoisotopic (exact) mass is 390 g/mol. The Morgan fingerprint density at radius 1 is 1.24 bits per heavy atom. The topological polar surface area (TPSA) is 50.2 Å². The Morgan fingerprint density at radius 2 is 2.12 bits per heavy atom. The van der Waals surface area contributed by atoms with E-state index in [4.69, 9.17) is 23.2 Å². The lowest BCUT2D eigenvalue weighted by Crippen LogP contribution is -1.92. The van der Waals surface area contributed by atoms with Gasteiger partial charge in [0.2, 0.25) is 5.13 Å². The molecule has 4 nitrogen and oxygen atoms in total. The largest absolute Gasteiger partial charge is 0.255 e. The lowest BCUT2D eigenvalue weighted by Gasteiger charge is -2.04.